The van der Waals surface area contributed by atoms with E-state index in [2.05, 4.69) is 5.32 Å². The number of amides is 2. The zero-order chi connectivity index (χ0) is 11.3. The maximum atomic E-state index is 11.7. The fourth-order valence-electron chi connectivity index (χ4n) is 2.16. The van der Waals surface area contributed by atoms with Gasteiger partial charge in [0, 0.05) is 19.1 Å². The number of nitrogens with zero attached hydrogens (tertiary/aromatic N) is 1. The van der Waals surface area contributed by atoms with E-state index in [4.69, 9.17) is 0 Å². The number of likely N-dealkylation sites (tertiary alicyclic amines) is 1. The van der Waals surface area contributed by atoms with Crippen LogP contribution in [0.4, 0.5) is 4.79 Å². The Kier molecular flexibility index (Phi) is 4.88. The highest BCUT2D eigenvalue weighted by Crippen LogP contribution is 2.20. The van der Waals surface area contributed by atoms with Crippen LogP contribution in [0.5, 0.6) is 0 Å². The van der Waals surface area contributed by atoms with Crippen molar-refractivity contribution in [1.82, 2.24) is 10.2 Å². The molecule has 15 heavy (non-hydrogen) atoms. The van der Waals surface area contributed by atoms with Crippen molar-refractivity contribution in [2.75, 3.05) is 13.1 Å². The van der Waals surface area contributed by atoms with Gasteiger partial charge in [0.05, 0.1) is 6.10 Å². The summed E-state index contributed by atoms with van der Waals surface area (Å²) >= 11 is 0. The quantitative estimate of drug-likeness (QED) is 0.745. The maximum absolute atomic E-state index is 11.7. The molecule has 88 valence electrons. The number of aliphatic hydroxyl groups is 1. The molecule has 1 rings (SSSR count). The molecule has 0 aliphatic carbocycles. The number of nitrogens with one attached hydrogen (secondary N) is 1. The lowest BCUT2D eigenvalue weighted by Gasteiger charge is -2.36. The van der Waals surface area contributed by atoms with E-state index in [0.717, 1.165) is 25.8 Å². The molecule has 1 saturated heterocycles. The van der Waals surface area contributed by atoms with Crippen LogP contribution >= 0.6 is 0 Å². The molecule has 2 N–H and O–H groups in total. The van der Waals surface area contributed by atoms with E-state index in [1.807, 2.05) is 11.8 Å². The maximum Gasteiger partial charge on any atom is 0.317 e. The predicted octanol–water partition coefficient (Wildman–Crippen LogP) is 1.34. The third-order valence-corrected chi connectivity index (χ3v) is 2.83. The second-order valence-corrected chi connectivity index (χ2v) is 4.26. The number of hydrogen-bond acceptors (Lipinski definition) is 2. The summed E-state index contributed by atoms with van der Waals surface area (Å²) in [5.74, 6) is 0. The molecule has 2 unspecified atom stereocenters. The van der Waals surface area contributed by atoms with Gasteiger partial charge in [-0.05, 0) is 39.5 Å². The number of urea groups is 1. The monoisotopic (exact) mass is 214 g/mol. The number of hydrogen-bond donors (Lipinski definition) is 2. The predicted molar refractivity (Wildman–Crippen MR) is 59.7 cm³/mol. The van der Waals surface area contributed by atoms with Gasteiger partial charge < -0.3 is 15.3 Å². The summed E-state index contributed by atoms with van der Waals surface area (Å²) in [6, 6.07) is 0.230. The smallest absolute Gasteiger partial charge is 0.317 e. The molecule has 0 radical (unpaired) electrons. The minimum Gasteiger partial charge on any atom is -0.393 e. The molecule has 0 aromatic rings. The van der Waals surface area contributed by atoms with Crippen LogP contribution in [-0.4, -0.2) is 41.3 Å². The lowest BCUT2D eigenvalue weighted by molar-refractivity contribution is 0.102. The number of rotatable bonds is 3. The van der Waals surface area contributed by atoms with Gasteiger partial charge in [-0.3, -0.25) is 0 Å². The van der Waals surface area contributed by atoms with E-state index in [1.165, 1.54) is 0 Å². The third kappa shape index (κ3) is 3.70. The van der Waals surface area contributed by atoms with E-state index in [0.29, 0.717) is 13.0 Å². The standard InChI is InChI=1S/C11H22N2O2/c1-3-12-11(15)13-7-5-4-6-10(13)8-9(2)14/h9-10,14H,3-8H2,1-2H3,(H,12,15). The van der Waals surface area contributed by atoms with Crippen LogP contribution < -0.4 is 5.32 Å². The minimum absolute atomic E-state index is 0.0165. The van der Waals surface area contributed by atoms with E-state index >= 15 is 0 Å². The summed E-state index contributed by atoms with van der Waals surface area (Å²) < 4.78 is 0. The van der Waals surface area contributed by atoms with E-state index in [-0.39, 0.29) is 18.2 Å². The molecule has 0 spiro atoms. The van der Waals surface area contributed by atoms with Gasteiger partial charge in [-0.25, -0.2) is 4.79 Å². The van der Waals surface area contributed by atoms with E-state index in [1.54, 1.807) is 6.92 Å². The SMILES string of the molecule is CCNC(=O)N1CCCCC1CC(C)O. The summed E-state index contributed by atoms with van der Waals surface area (Å²) in [6.07, 6.45) is 3.62. The molecule has 2 amide bonds. The van der Waals surface area contributed by atoms with Crippen LogP contribution in [0.15, 0.2) is 0 Å². The molecule has 1 fully saturated rings. The molecule has 0 aromatic carbocycles. The first-order valence-corrected chi connectivity index (χ1v) is 5.87. The molecule has 2 atom stereocenters. The normalized spacial score (nSPS) is 23.7. The first kappa shape index (κ1) is 12.3. The van der Waals surface area contributed by atoms with Crippen molar-refractivity contribution < 1.29 is 9.90 Å². The molecule has 4 nitrogen and oxygen atoms in total. The average Bonchev–Trinajstić information content (AvgIpc) is 2.18. The topological polar surface area (TPSA) is 52.6 Å². The Morgan fingerprint density at radius 1 is 1.60 bits per heavy atom. The van der Waals surface area contributed by atoms with Crippen molar-refractivity contribution in [3.8, 4) is 0 Å². The van der Waals surface area contributed by atoms with Gasteiger partial charge >= 0.3 is 6.03 Å². The minimum atomic E-state index is -0.329. The molecule has 0 bridgehead atoms. The molecule has 1 heterocycles. The highest BCUT2D eigenvalue weighted by molar-refractivity contribution is 5.74. The van der Waals surface area contributed by atoms with Crippen molar-refractivity contribution >= 4 is 6.03 Å². The summed E-state index contributed by atoms with van der Waals surface area (Å²) in [6.45, 7) is 5.19. The summed E-state index contributed by atoms with van der Waals surface area (Å²) in [5, 5.41) is 12.2. The van der Waals surface area contributed by atoms with Crippen LogP contribution in [0, 0.1) is 0 Å². The van der Waals surface area contributed by atoms with Crippen molar-refractivity contribution in [2.45, 2.75) is 51.7 Å². The lowest BCUT2D eigenvalue weighted by atomic mass is 9.98. The number of carbonyl (C=O) groups is 1. The van der Waals surface area contributed by atoms with Crippen LogP contribution in [0.25, 0.3) is 0 Å². The van der Waals surface area contributed by atoms with Crippen LogP contribution in [0.2, 0.25) is 0 Å². The van der Waals surface area contributed by atoms with Crippen molar-refractivity contribution in [3.63, 3.8) is 0 Å². The average molecular weight is 214 g/mol. The van der Waals surface area contributed by atoms with Gasteiger partial charge in [-0.1, -0.05) is 0 Å². The largest absolute Gasteiger partial charge is 0.393 e. The summed E-state index contributed by atoms with van der Waals surface area (Å²) in [5.41, 5.74) is 0. The fraction of sp³-hybridized carbons (Fsp3) is 0.909. The highest BCUT2D eigenvalue weighted by atomic mass is 16.3. The third-order valence-electron chi connectivity index (χ3n) is 2.83. The van der Waals surface area contributed by atoms with Gasteiger partial charge in [0.25, 0.3) is 0 Å². The molecule has 0 aromatic heterocycles. The molecule has 1 aliphatic rings. The molecular weight excluding hydrogens is 192 g/mol. The Morgan fingerprint density at radius 3 is 2.93 bits per heavy atom. The van der Waals surface area contributed by atoms with Crippen molar-refractivity contribution in [2.24, 2.45) is 0 Å². The van der Waals surface area contributed by atoms with Gasteiger partial charge in [-0.15, -0.1) is 0 Å². The van der Waals surface area contributed by atoms with Crippen LogP contribution in [-0.2, 0) is 0 Å². The van der Waals surface area contributed by atoms with Gasteiger partial charge in [0.15, 0.2) is 0 Å². The van der Waals surface area contributed by atoms with Crippen molar-refractivity contribution in [1.29, 1.82) is 0 Å². The van der Waals surface area contributed by atoms with Crippen molar-refractivity contribution in [3.05, 3.63) is 0 Å². The molecular formula is C11H22N2O2. The Hall–Kier alpha value is -0.770. The zero-order valence-electron chi connectivity index (χ0n) is 9.70. The second-order valence-electron chi connectivity index (χ2n) is 4.26. The van der Waals surface area contributed by atoms with Crippen LogP contribution in [0.1, 0.15) is 39.5 Å². The molecule has 4 heteroatoms. The van der Waals surface area contributed by atoms with Gasteiger partial charge in [0.2, 0.25) is 0 Å². The number of carbonyl (C=O) groups excluding carboxylic acids is 1. The Bertz CT molecular complexity index is 207. The fourth-order valence-corrected chi connectivity index (χ4v) is 2.16. The number of piperidine rings is 1. The summed E-state index contributed by atoms with van der Waals surface area (Å²) in [7, 11) is 0. The Morgan fingerprint density at radius 2 is 2.33 bits per heavy atom. The van der Waals surface area contributed by atoms with Gasteiger partial charge in [0.1, 0.15) is 0 Å². The molecule has 0 saturated carbocycles. The van der Waals surface area contributed by atoms with E-state index < -0.39 is 0 Å². The molecule has 1 aliphatic heterocycles. The summed E-state index contributed by atoms with van der Waals surface area (Å²) in [4.78, 5) is 13.6. The van der Waals surface area contributed by atoms with E-state index in [9.17, 15) is 9.90 Å². The first-order valence-electron chi connectivity index (χ1n) is 5.87. The second kappa shape index (κ2) is 5.95. The first-order chi connectivity index (χ1) is 7.15. The highest BCUT2D eigenvalue weighted by Gasteiger charge is 2.26. The zero-order valence-corrected chi connectivity index (χ0v) is 9.70. The number of aliphatic hydroxyl groups excluding tert-OH is 1. The Labute approximate surface area is 91.6 Å². The van der Waals surface area contributed by atoms with Crippen LogP contribution in [0.3, 0.4) is 0 Å². The van der Waals surface area contributed by atoms with Gasteiger partial charge in [-0.2, -0.15) is 0 Å². The Balaban J connectivity index is 2.52. The lowest BCUT2D eigenvalue weighted by Crippen LogP contribution is -2.49.